The summed E-state index contributed by atoms with van der Waals surface area (Å²) in [4.78, 5) is 35.6. The van der Waals surface area contributed by atoms with E-state index in [4.69, 9.17) is 9.72 Å². The molecule has 148 valence electrons. The Kier molecular flexibility index (Phi) is 5.02. The molecule has 0 bridgehead atoms. The van der Waals surface area contributed by atoms with Crippen molar-refractivity contribution in [3.8, 4) is 27.7 Å². The molecule has 1 atom stereocenters. The first-order chi connectivity index (χ1) is 14.0. The second kappa shape index (κ2) is 7.63. The molecule has 0 aliphatic carbocycles. The smallest absolute Gasteiger partial charge is 0.326 e. The lowest BCUT2D eigenvalue weighted by Crippen LogP contribution is -2.49. The molecule has 0 saturated heterocycles. The summed E-state index contributed by atoms with van der Waals surface area (Å²) in [6, 6.07) is 10.1. The number of aryl methyl sites for hydroxylation is 1. The molecule has 0 saturated carbocycles. The van der Waals surface area contributed by atoms with Crippen molar-refractivity contribution < 1.29 is 19.4 Å². The second-order valence-electron chi connectivity index (χ2n) is 6.64. The number of carboxylic acid groups (broad SMARTS) is 1. The summed E-state index contributed by atoms with van der Waals surface area (Å²) < 4.78 is 5.52. The Morgan fingerprint density at radius 3 is 2.86 bits per heavy atom. The summed E-state index contributed by atoms with van der Waals surface area (Å²) in [7, 11) is 0. The summed E-state index contributed by atoms with van der Waals surface area (Å²) >= 11 is 1.54. The quantitative estimate of drug-likeness (QED) is 0.690. The summed E-state index contributed by atoms with van der Waals surface area (Å²) in [6.45, 7) is 3.55. The third kappa shape index (κ3) is 3.47. The second-order valence-corrected chi connectivity index (χ2v) is 7.84. The standard InChI is InChI=1S/C21H19N3O4S/c1-3-15(21(26)27)24-16-10-13(7-8-17(16)28-11-18(24)25)19-12(2)29-20(23-19)14-6-4-5-9-22-14/h4-10,15H,3,11H2,1-2H3,(H,26,27). The monoisotopic (exact) mass is 409 g/mol. The van der Waals surface area contributed by atoms with E-state index in [2.05, 4.69) is 4.98 Å². The van der Waals surface area contributed by atoms with Gasteiger partial charge < -0.3 is 9.84 Å². The van der Waals surface area contributed by atoms with Crippen molar-refractivity contribution in [2.75, 3.05) is 11.5 Å². The number of hydrogen-bond acceptors (Lipinski definition) is 6. The van der Waals surface area contributed by atoms with Gasteiger partial charge in [0, 0.05) is 16.6 Å². The summed E-state index contributed by atoms with van der Waals surface area (Å²) in [5.41, 5.74) is 2.82. The Balaban J connectivity index is 1.79. The maximum atomic E-state index is 12.5. The normalized spacial score (nSPS) is 14.3. The number of nitrogens with zero attached hydrogens (tertiary/aromatic N) is 3. The maximum Gasteiger partial charge on any atom is 0.326 e. The van der Waals surface area contributed by atoms with Gasteiger partial charge in [0.15, 0.2) is 6.61 Å². The molecular weight excluding hydrogens is 390 g/mol. The van der Waals surface area contributed by atoms with E-state index in [1.165, 1.54) is 16.2 Å². The molecule has 2 aromatic heterocycles. The number of carbonyl (C=O) groups excluding carboxylic acids is 1. The highest BCUT2D eigenvalue weighted by Crippen LogP contribution is 2.40. The average molecular weight is 409 g/mol. The first-order valence-electron chi connectivity index (χ1n) is 9.20. The van der Waals surface area contributed by atoms with Crippen LogP contribution in [0.2, 0.25) is 0 Å². The first-order valence-corrected chi connectivity index (χ1v) is 10.0. The fourth-order valence-electron chi connectivity index (χ4n) is 3.39. The molecule has 1 aromatic carbocycles. The Hall–Kier alpha value is -3.26. The van der Waals surface area contributed by atoms with Crippen molar-refractivity contribution in [3.05, 3.63) is 47.5 Å². The predicted octanol–water partition coefficient (Wildman–Crippen LogP) is 3.77. The van der Waals surface area contributed by atoms with Gasteiger partial charge in [-0.15, -0.1) is 11.3 Å². The predicted molar refractivity (Wildman–Crippen MR) is 110 cm³/mol. The highest BCUT2D eigenvalue weighted by molar-refractivity contribution is 7.15. The number of anilines is 1. The minimum Gasteiger partial charge on any atom is -0.482 e. The molecule has 1 unspecified atom stereocenters. The minimum absolute atomic E-state index is 0.171. The number of aliphatic carboxylic acids is 1. The van der Waals surface area contributed by atoms with Gasteiger partial charge in [0.25, 0.3) is 5.91 Å². The molecule has 3 aromatic rings. The molecule has 0 radical (unpaired) electrons. The molecule has 29 heavy (non-hydrogen) atoms. The van der Waals surface area contributed by atoms with Crippen LogP contribution in [-0.4, -0.2) is 39.6 Å². The Labute approximate surface area is 171 Å². The lowest BCUT2D eigenvalue weighted by atomic mass is 10.1. The molecule has 0 fully saturated rings. The molecule has 4 rings (SSSR count). The van der Waals surface area contributed by atoms with Crippen LogP contribution in [-0.2, 0) is 9.59 Å². The molecule has 1 N–H and O–H groups in total. The average Bonchev–Trinajstić information content (AvgIpc) is 3.12. The van der Waals surface area contributed by atoms with Crippen molar-refractivity contribution in [2.24, 2.45) is 0 Å². The number of rotatable bonds is 5. The van der Waals surface area contributed by atoms with E-state index in [1.54, 1.807) is 25.3 Å². The van der Waals surface area contributed by atoms with Crippen LogP contribution in [0.4, 0.5) is 5.69 Å². The highest BCUT2D eigenvalue weighted by Gasteiger charge is 2.35. The maximum absolute atomic E-state index is 12.5. The van der Waals surface area contributed by atoms with E-state index in [-0.39, 0.29) is 12.5 Å². The van der Waals surface area contributed by atoms with Gasteiger partial charge in [-0.05, 0) is 43.7 Å². The number of fused-ring (bicyclic) bond motifs is 1. The van der Waals surface area contributed by atoms with Gasteiger partial charge in [0.05, 0.1) is 17.1 Å². The zero-order valence-electron chi connectivity index (χ0n) is 16.0. The van der Waals surface area contributed by atoms with Crippen molar-refractivity contribution in [1.29, 1.82) is 0 Å². The van der Waals surface area contributed by atoms with E-state index >= 15 is 0 Å². The molecule has 1 amide bonds. The SMILES string of the molecule is CCC(C(=O)O)N1C(=O)COc2ccc(-c3nc(-c4ccccn4)sc3C)cc21. The number of pyridine rings is 1. The van der Waals surface area contributed by atoms with Gasteiger partial charge in [0.1, 0.15) is 16.8 Å². The first kappa shape index (κ1) is 19.1. The number of ether oxygens (including phenoxy) is 1. The number of amides is 1. The Morgan fingerprint density at radius 2 is 2.17 bits per heavy atom. The summed E-state index contributed by atoms with van der Waals surface area (Å²) in [6.07, 6.45) is 2.02. The van der Waals surface area contributed by atoms with E-state index in [0.29, 0.717) is 17.9 Å². The lowest BCUT2D eigenvalue weighted by Gasteiger charge is -2.33. The number of thiazole rings is 1. The summed E-state index contributed by atoms with van der Waals surface area (Å²) in [5, 5.41) is 10.4. The van der Waals surface area contributed by atoms with Crippen molar-refractivity contribution in [2.45, 2.75) is 26.3 Å². The largest absolute Gasteiger partial charge is 0.482 e. The van der Waals surface area contributed by atoms with Crippen LogP contribution in [0.5, 0.6) is 5.75 Å². The van der Waals surface area contributed by atoms with Crippen LogP contribution in [0.25, 0.3) is 22.0 Å². The van der Waals surface area contributed by atoms with E-state index < -0.39 is 12.0 Å². The van der Waals surface area contributed by atoms with E-state index in [9.17, 15) is 14.7 Å². The van der Waals surface area contributed by atoms with Crippen molar-refractivity contribution in [1.82, 2.24) is 9.97 Å². The number of carbonyl (C=O) groups is 2. The number of aromatic nitrogens is 2. The fourth-order valence-corrected chi connectivity index (χ4v) is 4.30. The minimum atomic E-state index is -1.04. The van der Waals surface area contributed by atoms with Crippen LogP contribution < -0.4 is 9.64 Å². The van der Waals surface area contributed by atoms with Crippen LogP contribution in [0.1, 0.15) is 18.2 Å². The zero-order valence-corrected chi connectivity index (χ0v) is 16.8. The lowest BCUT2D eigenvalue weighted by molar-refractivity contribution is -0.140. The van der Waals surface area contributed by atoms with Crippen LogP contribution in [0.15, 0.2) is 42.6 Å². The molecule has 8 heteroatoms. The third-order valence-electron chi connectivity index (χ3n) is 4.78. The molecule has 3 heterocycles. The molecule has 1 aliphatic heterocycles. The fraction of sp³-hybridized carbons (Fsp3) is 0.238. The number of benzene rings is 1. The Morgan fingerprint density at radius 1 is 1.34 bits per heavy atom. The van der Waals surface area contributed by atoms with Gasteiger partial charge in [0.2, 0.25) is 0 Å². The highest BCUT2D eigenvalue weighted by atomic mass is 32.1. The summed E-state index contributed by atoms with van der Waals surface area (Å²) in [5.74, 6) is -0.916. The van der Waals surface area contributed by atoms with Crippen LogP contribution in [0.3, 0.4) is 0 Å². The van der Waals surface area contributed by atoms with Crippen LogP contribution >= 0.6 is 11.3 Å². The third-order valence-corrected chi connectivity index (χ3v) is 5.77. The molecule has 0 spiro atoms. The van der Waals surface area contributed by atoms with Crippen molar-refractivity contribution >= 4 is 28.9 Å². The van der Waals surface area contributed by atoms with E-state index in [1.807, 2.05) is 31.2 Å². The van der Waals surface area contributed by atoms with Gasteiger partial charge in [-0.1, -0.05) is 13.0 Å². The van der Waals surface area contributed by atoms with Gasteiger partial charge in [-0.2, -0.15) is 0 Å². The van der Waals surface area contributed by atoms with Gasteiger partial charge in [-0.25, -0.2) is 9.78 Å². The molecular formula is C21H19N3O4S. The Bertz CT molecular complexity index is 1080. The zero-order chi connectivity index (χ0) is 20.5. The van der Waals surface area contributed by atoms with E-state index in [0.717, 1.165) is 26.8 Å². The topological polar surface area (TPSA) is 92.6 Å². The van der Waals surface area contributed by atoms with Crippen LogP contribution in [0, 0.1) is 6.92 Å². The van der Waals surface area contributed by atoms with Crippen molar-refractivity contribution in [3.63, 3.8) is 0 Å². The van der Waals surface area contributed by atoms with Gasteiger partial charge >= 0.3 is 5.97 Å². The molecule has 7 nitrogen and oxygen atoms in total. The number of hydrogen-bond donors (Lipinski definition) is 1. The number of carboxylic acids is 1. The molecule has 1 aliphatic rings. The van der Waals surface area contributed by atoms with Gasteiger partial charge in [-0.3, -0.25) is 14.7 Å².